The zero-order valence-corrected chi connectivity index (χ0v) is 16.2. The van der Waals surface area contributed by atoms with Crippen LogP contribution in [0, 0.1) is 5.82 Å². The first-order valence-corrected chi connectivity index (χ1v) is 9.84. The van der Waals surface area contributed by atoms with E-state index in [1.807, 2.05) is 18.2 Å². The van der Waals surface area contributed by atoms with Crippen molar-refractivity contribution in [1.29, 1.82) is 0 Å². The van der Waals surface area contributed by atoms with Crippen LogP contribution in [-0.2, 0) is 9.59 Å². The first kappa shape index (κ1) is 18.2. The Morgan fingerprint density at radius 1 is 1.03 bits per heavy atom. The molecule has 0 radical (unpaired) electrons. The molecule has 3 aliphatic rings. The second kappa shape index (κ2) is 6.88. The van der Waals surface area contributed by atoms with E-state index in [9.17, 15) is 14.0 Å². The van der Waals surface area contributed by atoms with Gasteiger partial charge >= 0.3 is 0 Å². The lowest BCUT2D eigenvalue weighted by Gasteiger charge is -2.38. The molecule has 0 fully saturated rings. The molecule has 5 rings (SSSR count). The van der Waals surface area contributed by atoms with E-state index in [1.54, 1.807) is 0 Å². The number of nitrogens with zero attached hydrogens (tertiary/aromatic N) is 1. The van der Waals surface area contributed by atoms with Gasteiger partial charge in [0.15, 0.2) is 17.3 Å². The first-order chi connectivity index (χ1) is 14.0. The third-order valence-electron chi connectivity index (χ3n) is 5.64. The van der Waals surface area contributed by atoms with Crippen molar-refractivity contribution < 1.29 is 23.5 Å². The van der Waals surface area contributed by atoms with Crippen LogP contribution in [0.2, 0.25) is 5.02 Å². The van der Waals surface area contributed by atoms with Gasteiger partial charge in [0.1, 0.15) is 5.82 Å². The fraction of sp³-hybridized carbons (Fsp3) is 0.273. The molecule has 2 aromatic rings. The molecule has 5 nitrogen and oxygen atoms in total. The number of carbonyl (C=O) groups excluding carboxylic acids is 2. The van der Waals surface area contributed by atoms with Crippen LogP contribution in [0.4, 0.5) is 10.1 Å². The molecule has 1 aliphatic carbocycles. The number of ketones is 1. The number of amides is 1. The molecule has 0 saturated heterocycles. The van der Waals surface area contributed by atoms with Crippen molar-refractivity contribution in [2.75, 3.05) is 11.7 Å². The Balaban J connectivity index is 1.63. The number of rotatable bonds is 2. The van der Waals surface area contributed by atoms with Crippen LogP contribution >= 0.6 is 11.6 Å². The Morgan fingerprint density at radius 2 is 1.86 bits per heavy atom. The van der Waals surface area contributed by atoms with Crippen LogP contribution in [-0.4, -0.2) is 18.5 Å². The van der Waals surface area contributed by atoms with E-state index in [2.05, 4.69) is 0 Å². The average Bonchev–Trinajstić information content (AvgIpc) is 3.17. The van der Waals surface area contributed by atoms with Gasteiger partial charge in [-0.15, -0.1) is 0 Å². The van der Waals surface area contributed by atoms with Crippen LogP contribution in [0.3, 0.4) is 0 Å². The summed E-state index contributed by atoms with van der Waals surface area (Å²) in [6, 6.07) is 9.71. The molecule has 2 heterocycles. The first-order valence-electron chi connectivity index (χ1n) is 9.46. The number of hydrogen-bond acceptors (Lipinski definition) is 4. The number of hydrogen-bond donors (Lipinski definition) is 0. The lowest BCUT2D eigenvalue weighted by molar-refractivity contribution is -0.119. The second-order valence-electron chi connectivity index (χ2n) is 7.33. The van der Waals surface area contributed by atoms with Crippen molar-refractivity contribution in [1.82, 2.24) is 0 Å². The summed E-state index contributed by atoms with van der Waals surface area (Å²) >= 11 is 5.94. The smallest absolute Gasteiger partial charge is 0.232 e. The molecule has 0 saturated carbocycles. The minimum atomic E-state index is -0.549. The van der Waals surface area contributed by atoms with E-state index in [0.717, 1.165) is 5.56 Å². The van der Waals surface area contributed by atoms with E-state index >= 15 is 0 Å². The lowest BCUT2D eigenvalue weighted by atomic mass is 9.77. The number of allylic oxidation sites excluding steroid dienone is 2. The summed E-state index contributed by atoms with van der Waals surface area (Å²) in [5.41, 5.74) is 2.66. The molecule has 0 N–H and O–H groups in total. The monoisotopic (exact) mass is 413 g/mol. The van der Waals surface area contributed by atoms with Crippen molar-refractivity contribution in [2.45, 2.75) is 31.6 Å². The van der Waals surface area contributed by atoms with E-state index in [1.165, 1.54) is 23.1 Å². The van der Waals surface area contributed by atoms with Crippen LogP contribution in [0.15, 0.2) is 47.7 Å². The van der Waals surface area contributed by atoms with Gasteiger partial charge in [-0.3, -0.25) is 14.5 Å². The Kier molecular flexibility index (Phi) is 4.32. The largest absolute Gasteiger partial charge is 0.454 e. The molecule has 0 bridgehead atoms. The number of fused-ring (bicyclic) bond motifs is 1. The molecule has 148 valence electrons. The Morgan fingerprint density at radius 3 is 2.69 bits per heavy atom. The fourth-order valence-corrected chi connectivity index (χ4v) is 4.51. The van der Waals surface area contributed by atoms with Gasteiger partial charge in [0.25, 0.3) is 0 Å². The molecule has 1 atom stereocenters. The molecule has 29 heavy (non-hydrogen) atoms. The Labute approximate surface area is 171 Å². The molecule has 0 aromatic heterocycles. The quantitative estimate of drug-likeness (QED) is 0.713. The van der Waals surface area contributed by atoms with E-state index < -0.39 is 5.82 Å². The molecule has 2 aromatic carbocycles. The molecule has 7 heteroatoms. The maximum Gasteiger partial charge on any atom is 0.232 e. The molecule has 0 spiro atoms. The van der Waals surface area contributed by atoms with Gasteiger partial charge in [-0.05, 0) is 48.7 Å². The zero-order valence-electron chi connectivity index (χ0n) is 15.4. The molecule has 1 unspecified atom stereocenters. The van der Waals surface area contributed by atoms with Crippen molar-refractivity contribution in [2.24, 2.45) is 0 Å². The zero-order chi connectivity index (χ0) is 20.1. The summed E-state index contributed by atoms with van der Waals surface area (Å²) in [5.74, 6) is 0.276. The number of carbonyl (C=O) groups is 2. The molecule has 1 amide bonds. The molecular weight excluding hydrogens is 397 g/mol. The highest BCUT2D eigenvalue weighted by atomic mass is 35.5. The normalized spacial score (nSPS) is 20.9. The number of halogens is 2. The maximum absolute atomic E-state index is 13.6. The van der Waals surface area contributed by atoms with Gasteiger partial charge in [-0.1, -0.05) is 17.7 Å². The number of benzene rings is 2. The van der Waals surface area contributed by atoms with Crippen LogP contribution in [0.5, 0.6) is 11.5 Å². The van der Waals surface area contributed by atoms with Crippen LogP contribution in [0.1, 0.15) is 37.2 Å². The predicted molar refractivity (Wildman–Crippen MR) is 105 cm³/mol. The van der Waals surface area contributed by atoms with Crippen molar-refractivity contribution >= 4 is 29.0 Å². The highest BCUT2D eigenvalue weighted by Gasteiger charge is 2.40. The Bertz CT molecular complexity index is 1080. The number of anilines is 1. The van der Waals surface area contributed by atoms with Gasteiger partial charge < -0.3 is 9.47 Å². The number of ether oxygens (including phenoxy) is 2. The summed E-state index contributed by atoms with van der Waals surface area (Å²) in [6.45, 7) is 0.161. The summed E-state index contributed by atoms with van der Waals surface area (Å²) in [7, 11) is 0. The van der Waals surface area contributed by atoms with Crippen LogP contribution < -0.4 is 14.4 Å². The van der Waals surface area contributed by atoms with Crippen molar-refractivity contribution in [3.8, 4) is 11.5 Å². The van der Waals surface area contributed by atoms with E-state index in [-0.39, 0.29) is 35.8 Å². The van der Waals surface area contributed by atoms with E-state index in [0.29, 0.717) is 47.7 Å². The summed E-state index contributed by atoms with van der Waals surface area (Å²) < 4.78 is 24.5. The summed E-state index contributed by atoms with van der Waals surface area (Å²) in [5, 5.41) is -0.0579. The summed E-state index contributed by atoms with van der Waals surface area (Å²) in [4.78, 5) is 27.6. The maximum atomic E-state index is 13.6. The van der Waals surface area contributed by atoms with Crippen molar-refractivity contribution in [3.63, 3.8) is 0 Å². The molecular formula is C22H17ClFNO4. The highest BCUT2D eigenvalue weighted by molar-refractivity contribution is 6.31. The SMILES string of the molecule is O=C1CCCC2=C1C(c1ccc3c(c1)OCO3)CC(=O)N2c1ccc(F)c(Cl)c1. The van der Waals surface area contributed by atoms with Gasteiger partial charge in [-0.2, -0.15) is 0 Å². The summed E-state index contributed by atoms with van der Waals surface area (Å²) in [6.07, 6.45) is 1.86. The average molecular weight is 414 g/mol. The number of Topliss-reactive ketones (excluding diaryl/α,β-unsaturated/α-hetero) is 1. The minimum Gasteiger partial charge on any atom is -0.454 e. The van der Waals surface area contributed by atoms with Gasteiger partial charge in [0.05, 0.1) is 10.7 Å². The van der Waals surface area contributed by atoms with Gasteiger partial charge in [-0.25, -0.2) is 4.39 Å². The minimum absolute atomic E-state index is 0.0413. The topological polar surface area (TPSA) is 55.8 Å². The van der Waals surface area contributed by atoms with Crippen LogP contribution in [0.25, 0.3) is 0 Å². The van der Waals surface area contributed by atoms with Gasteiger partial charge in [0, 0.05) is 30.0 Å². The predicted octanol–water partition coefficient (Wildman–Crippen LogP) is 4.74. The highest BCUT2D eigenvalue weighted by Crippen LogP contribution is 2.45. The third-order valence-corrected chi connectivity index (χ3v) is 5.93. The lowest BCUT2D eigenvalue weighted by Crippen LogP contribution is -2.40. The third kappa shape index (κ3) is 2.99. The Hall–Kier alpha value is -2.86. The second-order valence-corrected chi connectivity index (χ2v) is 7.74. The van der Waals surface area contributed by atoms with Crippen molar-refractivity contribution in [3.05, 3.63) is 64.1 Å². The fourth-order valence-electron chi connectivity index (χ4n) is 4.33. The standard InChI is InChI=1S/C22H17ClFNO4/c23-15-9-13(5-6-16(15)24)25-17-2-1-3-18(26)22(17)14(10-21(25)27)12-4-7-19-20(8-12)29-11-28-19/h4-9,14H,1-3,10-11H2. The van der Waals surface area contributed by atoms with Gasteiger partial charge in [0.2, 0.25) is 12.7 Å². The van der Waals surface area contributed by atoms with E-state index in [4.69, 9.17) is 21.1 Å². The molecule has 2 aliphatic heterocycles.